The van der Waals surface area contributed by atoms with Gasteiger partial charge in [-0.1, -0.05) is 17.9 Å². The van der Waals surface area contributed by atoms with Crippen LogP contribution in [-0.4, -0.2) is 18.2 Å². The van der Waals surface area contributed by atoms with Gasteiger partial charge >= 0.3 is 0 Å². The molecule has 5 nitrogen and oxygen atoms in total. The summed E-state index contributed by atoms with van der Waals surface area (Å²) in [6, 6.07) is 3.70. The Balaban J connectivity index is 2.06. The molecular formula is C17H18N4OS2. The van der Waals surface area contributed by atoms with Gasteiger partial charge in [0.25, 0.3) is 0 Å². The van der Waals surface area contributed by atoms with Gasteiger partial charge in [0.05, 0.1) is 11.1 Å². The molecule has 1 aliphatic rings. The number of hydrogen-bond donors (Lipinski definition) is 4. The first-order valence-electron chi connectivity index (χ1n) is 7.40. The molecule has 2 heterocycles. The van der Waals surface area contributed by atoms with Crippen molar-refractivity contribution in [2.45, 2.75) is 12.8 Å². The molecule has 7 heteroatoms. The minimum Gasteiger partial charge on any atom is -0.444 e. The summed E-state index contributed by atoms with van der Waals surface area (Å²) in [7, 11) is 1.81. The molecule has 0 unspecified atom stereocenters. The van der Waals surface area contributed by atoms with Crippen LogP contribution in [0.15, 0.2) is 30.5 Å². The molecule has 0 saturated carbocycles. The predicted octanol–water partition coefficient (Wildman–Crippen LogP) is 4.14. The average Bonchev–Trinajstić information content (AvgIpc) is 2.95. The number of nitrogens with two attached hydrogens (primary N) is 1. The zero-order chi connectivity index (χ0) is 17.3. The Hall–Kier alpha value is -2.25. The van der Waals surface area contributed by atoms with Gasteiger partial charge in [-0.15, -0.1) is 12.6 Å². The van der Waals surface area contributed by atoms with Crippen LogP contribution in [0.25, 0.3) is 10.6 Å². The highest BCUT2D eigenvalue weighted by Crippen LogP contribution is 2.48. The molecule has 2 aromatic rings. The molecule has 0 aromatic carbocycles. The molecule has 0 atom stereocenters. The third-order valence-electron chi connectivity index (χ3n) is 3.83. The Morgan fingerprint density at radius 2 is 2.29 bits per heavy atom. The van der Waals surface area contributed by atoms with E-state index in [1.54, 1.807) is 6.20 Å². The second kappa shape index (κ2) is 6.70. The first-order valence-corrected chi connectivity index (χ1v) is 8.66. The topological polar surface area (TPSA) is 84.0 Å². The first kappa shape index (κ1) is 16.6. The lowest BCUT2D eigenvalue weighted by atomic mass is 9.93. The lowest BCUT2D eigenvalue weighted by molar-refractivity contribution is 0.492. The monoisotopic (exact) mass is 358 g/mol. The number of rotatable bonds is 5. The van der Waals surface area contributed by atoms with Crippen molar-refractivity contribution >= 4 is 46.6 Å². The molecule has 0 amide bonds. The molecular weight excluding hydrogens is 340 g/mol. The van der Waals surface area contributed by atoms with Crippen LogP contribution >= 0.6 is 24.0 Å². The summed E-state index contributed by atoms with van der Waals surface area (Å²) < 4.78 is 6.04. The van der Waals surface area contributed by atoms with Crippen molar-refractivity contribution in [3.8, 4) is 10.8 Å². The lowest BCUT2D eigenvalue weighted by Crippen LogP contribution is -2.05. The van der Waals surface area contributed by atoms with Crippen molar-refractivity contribution in [3.63, 3.8) is 0 Å². The molecule has 124 valence electrons. The van der Waals surface area contributed by atoms with E-state index in [0.29, 0.717) is 16.5 Å². The van der Waals surface area contributed by atoms with Crippen molar-refractivity contribution in [2.24, 2.45) is 5.73 Å². The predicted molar refractivity (Wildman–Crippen MR) is 104 cm³/mol. The summed E-state index contributed by atoms with van der Waals surface area (Å²) >= 11 is 6.08. The van der Waals surface area contributed by atoms with E-state index < -0.39 is 0 Å². The van der Waals surface area contributed by atoms with E-state index in [2.05, 4.69) is 29.5 Å². The molecule has 24 heavy (non-hydrogen) atoms. The fraction of sp³-hybridized carbons (Fsp3) is 0.176. The Morgan fingerprint density at radius 1 is 1.50 bits per heavy atom. The van der Waals surface area contributed by atoms with Gasteiger partial charge < -0.3 is 21.2 Å². The number of thiol groups is 1. The molecule has 2 aromatic heterocycles. The van der Waals surface area contributed by atoms with Crippen molar-refractivity contribution in [1.82, 2.24) is 4.98 Å². The largest absolute Gasteiger partial charge is 0.444 e. The number of fused-ring (bicyclic) bond motifs is 1. The second-order valence-corrected chi connectivity index (χ2v) is 6.78. The number of aromatic nitrogens is 1. The van der Waals surface area contributed by atoms with E-state index in [9.17, 15) is 0 Å². The van der Waals surface area contributed by atoms with E-state index in [1.807, 2.05) is 19.2 Å². The van der Waals surface area contributed by atoms with Crippen molar-refractivity contribution in [3.05, 3.63) is 46.5 Å². The van der Waals surface area contributed by atoms with Crippen molar-refractivity contribution in [1.29, 1.82) is 5.41 Å². The Labute approximate surface area is 150 Å². The highest BCUT2D eigenvalue weighted by Gasteiger charge is 2.27. The SMILES string of the molecule is C=C(N)c1sc(Oc2ccc(NC)nc2)c2c1CCC(C=N)=C2S. The van der Waals surface area contributed by atoms with Crippen LogP contribution < -0.4 is 15.8 Å². The van der Waals surface area contributed by atoms with E-state index in [0.717, 1.165) is 45.1 Å². The Kier molecular flexibility index (Phi) is 4.64. The number of nitrogens with zero attached hydrogens (tertiary/aromatic N) is 1. The molecule has 3 rings (SSSR count). The molecule has 4 N–H and O–H groups in total. The lowest BCUT2D eigenvalue weighted by Gasteiger charge is -2.17. The van der Waals surface area contributed by atoms with Crippen LogP contribution in [0.1, 0.15) is 22.4 Å². The zero-order valence-electron chi connectivity index (χ0n) is 13.2. The van der Waals surface area contributed by atoms with E-state index >= 15 is 0 Å². The highest BCUT2D eigenvalue weighted by molar-refractivity contribution is 7.90. The summed E-state index contributed by atoms with van der Waals surface area (Å²) in [6.07, 6.45) is 4.58. The van der Waals surface area contributed by atoms with Crippen molar-refractivity contribution in [2.75, 3.05) is 12.4 Å². The number of allylic oxidation sites excluding steroid dienone is 1. The Morgan fingerprint density at radius 3 is 2.88 bits per heavy atom. The van der Waals surface area contributed by atoms with Crippen LogP contribution in [-0.2, 0) is 6.42 Å². The number of hydrogen-bond acceptors (Lipinski definition) is 7. The molecule has 0 spiro atoms. The van der Waals surface area contributed by atoms with Gasteiger partial charge in [-0.3, -0.25) is 0 Å². The molecule has 0 fully saturated rings. The second-order valence-electron chi connectivity index (χ2n) is 5.35. The molecule has 0 saturated heterocycles. The van der Waals surface area contributed by atoms with Gasteiger partial charge in [-0.2, -0.15) is 0 Å². The minimum absolute atomic E-state index is 0.522. The Bertz CT molecular complexity index is 837. The standard InChI is InChI=1S/C17H18N4OS2/c1-9(19)16-12-5-3-10(7-18)15(23)14(12)17(24-16)22-11-4-6-13(20-2)21-8-11/h4,6-8,18,23H,1,3,5,19H2,2H3,(H,20,21). The van der Waals surface area contributed by atoms with Crippen LogP contribution in [0, 0.1) is 5.41 Å². The number of nitrogens with one attached hydrogen (secondary N) is 2. The molecule has 1 aliphatic carbocycles. The summed E-state index contributed by atoms with van der Waals surface area (Å²) in [5.74, 6) is 1.41. The van der Waals surface area contributed by atoms with Gasteiger partial charge in [0.15, 0.2) is 5.06 Å². The number of anilines is 1. The van der Waals surface area contributed by atoms with Crippen molar-refractivity contribution < 1.29 is 4.74 Å². The van der Waals surface area contributed by atoms with Crippen LogP contribution in [0.4, 0.5) is 5.82 Å². The van der Waals surface area contributed by atoms with Gasteiger partial charge in [-0.05, 0) is 36.1 Å². The minimum atomic E-state index is 0.522. The summed E-state index contributed by atoms with van der Waals surface area (Å²) in [6.45, 7) is 3.87. The normalized spacial score (nSPS) is 13.4. The molecule has 0 radical (unpaired) electrons. The molecule has 0 bridgehead atoms. The van der Waals surface area contributed by atoms with Gasteiger partial charge in [0, 0.05) is 29.4 Å². The number of thiophene rings is 1. The number of ether oxygens (including phenoxy) is 1. The third kappa shape index (κ3) is 2.92. The highest BCUT2D eigenvalue weighted by atomic mass is 32.1. The third-order valence-corrected chi connectivity index (χ3v) is 5.53. The van der Waals surface area contributed by atoms with Gasteiger partial charge in [-0.25, -0.2) is 4.98 Å². The summed E-state index contributed by atoms with van der Waals surface area (Å²) in [5, 5.41) is 11.2. The van der Waals surface area contributed by atoms with E-state index in [4.69, 9.17) is 15.9 Å². The van der Waals surface area contributed by atoms with E-state index in [1.165, 1.54) is 17.6 Å². The maximum Gasteiger partial charge on any atom is 0.190 e. The van der Waals surface area contributed by atoms with Crippen LogP contribution in [0.5, 0.6) is 10.8 Å². The fourth-order valence-electron chi connectivity index (χ4n) is 2.63. The van der Waals surface area contributed by atoms with Crippen LogP contribution in [0.3, 0.4) is 0 Å². The maximum absolute atomic E-state index is 7.57. The summed E-state index contributed by atoms with van der Waals surface area (Å²) in [5.41, 5.74) is 9.37. The quantitative estimate of drug-likeness (QED) is 0.478. The number of pyridine rings is 1. The average molecular weight is 358 g/mol. The summed E-state index contributed by atoms with van der Waals surface area (Å²) in [4.78, 5) is 5.95. The fourth-order valence-corrected chi connectivity index (χ4v) is 4.22. The van der Waals surface area contributed by atoms with Crippen LogP contribution in [0.2, 0.25) is 0 Å². The first-order chi connectivity index (χ1) is 11.5. The maximum atomic E-state index is 7.57. The van der Waals surface area contributed by atoms with Gasteiger partial charge in [0.2, 0.25) is 0 Å². The molecule has 0 aliphatic heterocycles. The van der Waals surface area contributed by atoms with Gasteiger partial charge in [0.1, 0.15) is 11.6 Å². The smallest absolute Gasteiger partial charge is 0.190 e. The zero-order valence-corrected chi connectivity index (χ0v) is 14.9. The van der Waals surface area contributed by atoms with E-state index in [-0.39, 0.29) is 0 Å².